The highest BCUT2D eigenvalue weighted by Gasteiger charge is 2.20. The van der Waals surface area contributed by atoms with E-state index < -0.39 is 0 Å². The van der Waals surface area contributed by atoms with Gasteiger partial charge >= 0.3 is 0 Å². The summed E-state index contributed by atoms with van der Waals surface area (Å²) in [4.78, 5) is 14.0. The van der Waals surface area contributed by atoms with Gasteiger partial charge in [0.1, 0.15) is 0 Å². The summed E-state index contributed by atoms with van der Waals surface area (Å²) >= 11 is 0. The van der Waals surface area contributed by atoms with Gasteiger partial charge in [0.15, 0.2) is 0 Å². The molecule has 1 rings (SSSR count). The number of nitrogens with two attached hydrogens (primary N) is 1. The minimum Gasteiger partial charge on any atom is -0.353 e. The van der Waals surface area contributed by atoms with Gasteiger partial charge in [-0.3, -0.25) is 4.79 Å². The number of nitrogens with zero attached hydrogens (tertiary/aromatic N) is 1. The number of nitrogens with one attached hydrogen (secondary N) is 1. The minimum absolute atomic E-state index is 0. The highest BCUT2D eigenvalue weighted by Crippen LogP contribution is 2.21. The van der Waals surface area contributed by atoms with E-state index in [0.29, 0.717) is 12.6 Å². The molecule has 1 aliphatic carbocycles. The molecular weight excluding hydrogens is 250 g/mol. The Morgan fingerprint density at radius 2 is 1.94 bits per heavy atom. The third-order valence-corrected chi connectivity index (χ3v) is 3.73. The Balaban J connectivity index is 0.00000289. The molecule has 5 heteroatoms. The van der Waals surface area contributed by atoms with E-state index in [9.17, 15) is 4.79 Å². The van der Waals surface area contributed by atoms with Crippen molar-refractivity contribution in [2.24, 2.45) is 11.7 Å². The van der Waals surface area contributed by atoms with E-state index in [1.807, 2.05) is 13.8 Å². The Labute approximate surface area is 117 Å². The molecule has 1 aliphatic rings. The lowest BCUT2D eigenvalue weighted by molar-refractivity contribution is -0.123. The number of likely N-dealkylation sites (N-methyl/N-ethyl adjacent to an activating group) is 1. The zero-order valence-corrected chi connectivity index (χ0v) is 12.6. The fourth-order valence-corrected chi connectivity index (χ4v) is 2.30. The van der Waals surface area contributed by atoms with E-state index in [1.165, 1.54) is 25.7 Å². The number of halogens is 1. The largest absolute Gasteiger partial charge is 0.353 e. The molecule has 0 heterocycles. The van der Waals surface area contributed by atoms with Gasteiger partial charge in [-0.1, -0.05) is 26.7 Å². The molecule has 1 amide bonds. The van der Waals surface area contributed by atoms with Gasteiger partial charge in [-0.15, -0.1) is 12.4 Å². The van der Waals surface area contributed by atoms with Gasteiger partial charge in [0.05, 0.1) is 6.04 Å². The SMILES string of the molecule is CC(C)[C@H](N)C(=O)NCCN(C)C1CCCC1.Cl. The first kappa shape index (κ1) is 17.7. The van der Waals surface area contributed by atoms with Crippen LogP contribution in [0.4, 0.5) is 0 Å². The Morgan fingerprint density at radius 1 is 1.39 bits per heavy atom. The normalized spacial score (nSPS) is 17.9. The van der Waals surface area contributed by atoms with Crippen molar-refractivity contribution in [2.45, 2.75) is 51.6 Å². The van der Waals surface area contributed by atoms with E-state index in [2.05, 4.69) is 17.3 Å². The smallest absolute Gasteiger partial charge is 0.237 e. The maximum atomic E-state index is 11.6. The molecule has 0 bridgehead atoms. The summed E-state index contributed by atoms with van der Waals surface area (Å²) in [6.07, 6.45) is 5.30. The topological polar surface area (TPSA) is 58.4 Å². The molecule has 18 heavy (non-hydrogen) atoms. The number of hydrogen-bond donors (Lipinski definition) is 2. The highest BCUT2D eigenvalue weighted by molar-refractivity contribution is 5.85. The number of carbonyl (C=O) groups excluding carboxylic acids is 1. The van der Waals surface area contributed by atoms with Gasteiger partial charge in [-0.25, -0.2) is 0 Å². The molecular formula is C13H28ClN3O. The number of rotatable bonds is 6. The van der Waals surface area contributed by atoms with Gasteiger partial charge in [0, 0.05) is 19.1 Å². The van der Waals surface area contributed by atoms with Crippen LogP contribution in [0, 0.1) is 5.92 Å². The van der Waals surface area contributed by atoms with Gasteiger partial charge in [-0.2, -0.15) is 0 Å². The molecule has 3 N–H and O–H groups in total. The van der Waals surface area contributed by atoms with Crippen LogP contribution in [0.1, 0.15) is 39.5 Å². The third kappa shape index (κ3) is 5.55. The predicted octanol–water partition coefficient (Wildman–Crippen LogP) is 1.38. The van der Waals surface area contributed by atoms with Crippen LogP contribution in [0.25, 0.3) is 0 Å². The van der Waals surface area contributed by atoms with Crippen LogP contribution in [-0.4, -0.2) is 43.0 Å². The summed E-state index contributed by atoms with van der Waals surface area (Å²) in [5.41, 5.74) is 5.77. The van der Waals surface area contributed by atoms with Crippen LogP contribution in [-0.2, 0) is 4.79 Å². The third-order valence-electron chi connectivity index (χ3n) is 3.73. The molecule has 0 spiro atoms. The first-order valence-corrected chi connectivity index (χ1v) is 6.76. The molecule has 0 unspecified atom stereocenters. The fraction of sp³-hybridized carbons (Fsp3) is 0.923. The van der Waals surface area contributed by atoms with Crippen LogP contribution in [0.5, 0.6) is 0 Å². The molecule has 1 fully saturated rings. The van der Waals surface area contributed by atoms with Crippen LogP contribution >= 0.6 is 12.4 Å². The highest BCUT2D eigenvalue weighted by atomic mass is 35.5. The van der Waals surface area contributed by atoms with E-state index in [4.69, 9.17) is 5.73 Å². The van der Waals surface area contributed by atoms with Crippen LogP contribution in [0.3, 0.4) is 0 Å². The molecule has 4 nitrogen and oxygen atoms in total. The lowest BCUT2D eigenvalue weighted by Gasteiger charge is -2.24. The molecule has 0 aromatic rings. The van der Waals surface area contributed by atoms with E-state index >= 15 is 0 Å². The monoisotopic (exact) mass is 277 g/mol. The number of carbonyl (C=O) groups is 1. The second kappa shape index (κ2) is 8.73. The van der Waals surface area contributed by atoms with Gasteiger partial charge < -0.3 is 16.0 Å². The fourth-order valence-electron chi connectivity index (χ4n) is 2.30. The van der Waals surface area contributed by atoms with Gasteiger partial charge in [0.2, 0.25) is 5.91 Å². The molecule has 108 valence electrons. The molecule has 0 aliphatic heterocycles. The average Bonchev–Trinajstić information content (AvgIpc) is 2.80. The lowest BCUT2D eigenvalue weighted by Crippen LogP contribution is -2.46. The standard InChI is InChI=1S/C13H27N3O.ClH/c1-10(2)12(14)13(17)15-8-9-16(3)11-6-4-5-7-11;/h10-12H,4-9,14H2,1-3H3,(H,15,17);1H/t12-;/m0./s1. The van der Waals surface area contributed by atoms with Crippen LogP contribution in [0.15, 0.2) is 0 Å². The second-order valence-corrected chi connectivity index (χ2v) is 5.48. The van der Waals surface area contributed by atoms with E-state index in [-0.39, 0.29) is 30.3 Å². The molecule has 0 saturated heterocycles. The molecule has 0 aromatic carbocycles. The van der Waals surface area contributed by atoms with Crippen LogP contribution < -0.4 is 11.1 Å². The zero-order chi connectivity index (χ0) is 12.8. The summed E-state index contributed by atoms with van der Waals surface area (Å²) in [5.74, 6) is 0.169. The Hall–Kier alpha value is -0.320. The van der Waals surface area contributed by atoms with Crippen molar-refractivity contribution in [3.05, 3.63) is 0 Å². The number of amides is 1. The average molecular weight is 278 g/mol. The molecule has 0 aromatic heterocycles. The summed E-state index contributed by atoms with van der Waals surface area (Å²) in [5, 5.41) is 2.91. The van der Waals surface area contributed by atoms with E-state index in [1.54, 1.807) is 0 Å². The van der Waals surface area contributed by atoms with Crippen molar-refractivity contribution in [2.75, 3.05) is 20.1 Å². The van der Waals surface area contributed by atoms with Crippen molar-refractivity contribution in [1.82, 2.24) is 10.2 Å². The second-order valence-electron chi connectivity index (χ2n) is 5.48. The van der Waals surface area contributed by atoms with Gasteiger partial charge in [-0.05, 0) is 25.8 Å². The van der Waals surface area contributed by atoms with Crippen molar-refractivity contribution >= 4 is 18.3 Å². The van der Waals surface area contributed by atoms with Crippen LogP contribution in [0.2, 0.25) is 0 Å². The Morgan fingerprint density at radius 3 is 2.44 bits per heavy atom. The molecule has 1 saturated carbocycles. The maximum Gasteiger partial charge on any atom is 0.237 e. The summed E-state index contributed by atoms with van der Waals surface area (Å²) in [6.45, 7) is 5.55. The number of hydrogen-bond acceptors (Lipinski definition) is 3. The lowest BCUT2D eigenvalue weighted by atomic mass is 10.1. The molecule has 0 radical (unpaired) electrons. The molecule has 1 atom stereocenters. The predicted molar refractivity (Wildman–Crippen MR) is 78.0 cm³/mol. The first-order valence-electron chi connectivity index (χ1n) is 6.76. The Bertz CT molecular complexity index is 242. The maximum absolute atomic E-state index is 11.6. The Kier molecular flexibility index (Phi) is 8.57. The van der Waals surface area contributed by atoms with Crippen molar-refractivity contribution < 1.29 is 4.79 Å². The van der Waals surface area contributed by atoms with Gasteiger partial charge in [0.25, 0.3) is 0 Å². The van der Waals surface area contributed by atoms with Crippen molar-refractivity contribution in [3.63, 3.8) is 0 Å². The summed E-state index contributed by atoms with van der Waals surface area (Å²) in [6, 6.07) is 0.331. The van der Waals surface area contributed by atoms with Crippen molar-refractivity contribution in [1.29, 1.82) is 0 Å². The van der Waals surface area contributed by atoms with Crippen molar-refractivity contribution in [3.8, 4) is 0 Å². The quantitative estimate of drug-likeness (QED) is 0.771. The summed E-state index contributed by atoms with van der Waals surface area (Å²) < 4.78 is 0. The minimum atomic E-state index is -0.383. The zero-order valence-electron chi connectivity index (χ0n) is 11.8. The summed E-state index contributed by atoms with van der Waals surface area (Å²) in [7, 11) is 2.14. The first-order chi connectivity index (χ1) is 8.02. The van der Waals surface area contributed by atoms with E-state index in [0.717, 1.165) is 6.54 Å².